The van der Waals surface area contributed by atoms with Gasteiger partial charge in [0.15, 0.2) is 0 Å². The number of amides is 1. The topological polar surface area (TPSA) is 63.5 Å². The lowest BCUT2D eigenvalue weighted by atomic mass is 10.1. The van der Waals surface area contributed by atoms with Gasteiger partial charge in [-0.25, -0.2) is 0 Å². The fourth-order valence-electron chi connectivity index (χ4n) is 2.98. The molecule has 2 N–H and O–H groups in total. The van der Waals surface area contributed by atoms with E-state index in [-0.39, 0.29) is 12.5 Å². The van der Waals surface area contributed by atoms with Crippen molar-refractivity contribution in [1.82, 2.24) is 9.88 Å². The molecule has 0 aliphatic rings. The Morgan fingerprint density at radius 1 is 1.27 bits per heavy atom. The van der Waals surface area contributed by atoms with Crippen LogP contribution in [-0.4, -0.2) is 35.9 Å². The zero-order chi connectivity index (χ0) is 18.5. The molecule has 0 saturated carbocycles. The van der Waals surface area contributed by atoms with E-state index in [4.69, 9.17) is 16.3 Å². The third-order valence-electron chi connectivity index (χ3n) is 4.31. The van der Waals surface area contributed by atoms with Gasteiger partial charge in [-0.1, -0.05) is 41.9 Å². The van der Waals surface area contributed by atoms with Gasteiger partial charge in [0, 0.05) is 35.8 Å². The minimum atomic E-state index is -0.472. The van der Waals surface area contributed by atoms with E-state index in [1.54, 1.807) is 25.4 Å². The highest BCUT2D eigenvalue weighted by molar-refractivity contribution is 6.31. The van der Waals surface area contributed by atoms with E-state index < -0.39 is 6.04 Å². The van der Waals surface area contributed by atoms with Gasteiger partial charge in [0.2, 0.25) is 0 Å². The summed E-state index contributed by atoms with van der Waals surface area (Å²) in [6, 6.07) is 14.4. The maximum absolute atomic E-state index is 12.9. The fraction of sp³-hybridized carbons (Fsp3) is 0.250. The van der Waals surface area contributed by atoms with Gasteiger partial charge in [-0.3, -0.25) is 4.79 Å². The molecule has 0 saturated heterocycles. The van der Waals surface area contributed by atoms with E-state index in [0.29, 0.717) is 23.7 Å². The van der Waals surface area contributed by atoms with Crippen LogP contribution in [0.1, 0.15) is 22.0 Å². The van der Waals surface area contributed by atoms with Crippen molar-refractivity contribution < 1.29 is 14.6 Å². The highest BCUT2D eigenvalue weighted by Crippen LogP contribution is 2.26. The van der Waals surface area contributed by atoms with Crippen LogP contribution in [0.15, 0.2) is 54.7 Å². The summed E-state index contributed by atoms with van der Waals surface area (Å²) in [6.45, 7) is 0.986. The largest absolute Gasteiger partial charge is 0.394 e. The van der Waals surface area contributed by atoms with Crippen LogP contribution in [0.5, 0.6) is 0 Å². The first-order valence-electron chi connectivity index (χ1n) is 8.38. The molecular formula is C20H21ClN2O3. The van der Waals surface area contributed by atoms with Crippen LogP contribution < -0.4 is 5.32 Å². The van der Waals surface area contributed by atoms with Crippen LogP contribution >= 0.6 is 11.6 Å². The number of aliphatic hydroxyl groups is 1. The first-order chi connectivity index (χ1) is 12.6. The summed E-state index contributed by atoms with van der Waals surface area (Å²) < 4.78 is 7.12. The fourth-order valence-corrected chi connectivity index (χ4v) is 3.15. The molecule has 1 aromatic heterocycles. The van der Waals surface area contributed by atoms with Crippen molar-refractivity contribution in [3.05, 3.63) is 70.9 Å². The lowest BCUT2D eigenvalue weighted by Crippen LogP contribution is -2.30. The molecule has 0 unspecified atom stereocenters. The van der Waals surface area contributed by atoms with E-state index in [2.05, 4.69) is 5.32 Å². The highest BCUT2D eigenvalue weighted by Gasteiger charge is 2.19. The monoisotopic (exact) mass is 372 g/mol. The molecule has 1 atom stereocenters. The minimum Gasteiger partial charge on any atom is -0.394 e. The molecule has 0 fully saturated rings. The molecule has 1 amide bonds. The zero-order valence-electron chi connectivity index (χ0n) is 14.5. The number of carbonyl (C=O) groups is 1. The first-order valence-corrected chi connectivity index (χ1v) is 8.76. The van der Waals surface area contributed by atoms with Gasteiger partial charge < -0.3 is 19.7 Å². The van der Waals surface area contributed by atoms with Crippen LogP contribution in [0.2, 0.25) is 5.02 Å². The molecule has 3 aromatic rings. The van der Waals surface area contributed by atoms with E-state index in [9.17, 15) is 9.90 Å². The minimum absolute atomic E-state index is 0.182. The standard InChI is InChI=1S/C20H21ClN2O3/c1-26-10-9-23-12-17(16-11-15(21)7-8-19(16)23)20(25)22-18(13-24)14-5-3-2-4-6-14/h2-8,11-12,18,24H,9-10,13H2,1H3,(H,22,25)/t18-/m0/s1. The van der Waals surface area contributed by atoms with Gasteiger partial charge in [-0.05, 0) is 23.8 Å². The predicted octanol–water partition coefficient (Wildman–Crippen LogP) is 3.40. The van der Waals surface area contributed by atoms with E-state index >= 15 is 0 Å². The Labute approximate surface area is 157 Å². The molecule has 0 spiro atoms. The van der Waals surface area contributed by atoms with Gasteiger partial charge in [0.1, 0.15) is 0 Å². The van der Waals surface area contributed by atoms with E-state index in [0.717, 1.165) is 16.5 Å². The van der Waals surface area contributed by atoms with Crippen molar-refractivity contribution in [3.63, 3.8) is 0 Å². The van der Waals surface area contributed by atoms with Crippen LogP contribution in [-0.2, 0) is 11.3 Å². The normalized spacial score (nSPS) is 12.3. The van der Waals surface area contributed by atoms with Crippen molar-refractivity contribution in [3.8, 4) is 0 Å². The lowest BCUT2D eigenvalue weighted by molar-refractivity contribution is 0.0917. The van der Waals surface area contributed by atoms with Crippen LogP contribution in [0.3, 0.4) is 0 Å². The Balaban J connectivity index is 1.93. The molecule has 5 nitrogen and oxygen atoms in total. The number of ether oxygens (including phenoxy) is 1. The molecule has 3 rings (SSSR count). The van der Waals surface area contributed by atoms with Crippen molar-refractivity contribution in [2.45, 2.75) is 12.6 Å². The van der Waals surface area contributed by atoms with Crippen LogP contribution in [0, 0.1) is 0 Å². The molecule has 0 bridgehead atoms. The number of methoxy groups -OCH3 is 1. The van der Waals surface area contributed by atoms with Crippen molar-refractivity contribution >= 4 is 28.4 Å². The predicted molar refractivity (Wildman–Crippen MR) is 103 cm³/mol. The Morgan fingerprint density at radius 3 is 2.73 bits per heavy atom. The number of nitrogens with one attached hydrogen (secondary N) is 1. The molecule has 6 heteroatoms. The van der Waals surface area contributed by atoms with Gasteiger partial charge >= 0.3 is 0 Å². The van der Waals surface area contributed by atoms with E-state index in [1.807, 2.05) is 41.0 Å². The van der Waals surface area contributed by atoms with Gasteiger partial charge in [0.05, 0.1) is 24.8 Å². The number of benzene rings is 2. The smallest absolute Gasteiger partial charge is 0.254 e. The number of hydrogen-bond donors (Lipinski definition) is 2. The second-order valence-electron chi connectivity index (χ2n) is 6.01. The Morgan fingerprint density at radius 2 is 2.04 bits per heavy atom. The number of fused-ring (bicyclic) bond motifs is 1. The summed E-state index contributed by atoms with van der Waals surface area (Å²) in [5.41, 5.74) is 2.29. The van der Waals surface area contributed by atoms with Crippen molar-refractivity contribution in [2.75, 3.05) is 20.3 Å². The Kier molecular flexibility index (Phi) is 5.93. The second-order valence-corrected chi connectivity index (χ2v) is 6.45. The summed E-state index contributed by atoms with van der Waals surface area (Å²) in [5, 5.41) is 13.9. The number of rotatable bonds is 7. The quantitative estimate of drug-likeness (QED) is 0.668. The third-order valence-corrected chi connectivity index (χ3v) is 4.55. The molecular weight excluding hydrogens is 352 g/mol. The van der Waals surface area contributed by atoms with Crippen LogP contribution in [0.4, 0.5) is 0 Å². The van der Waals surface area contributed by atoms with Gasteiger partial charge in [0.25, 0.3) is 5.91 Å². The number of aromatic nitrogens is 1. The van der Waals surface area contributed by atoms with Gasteiger partial charge in [-0.15, -0.1) is 0 Å². The number of carbonyl (C=O) groups excluding carboxylic acids is 1. The third kappa shape index (κ3) is 3.90. The Hall–Kier alpha value is -2.34. The molecule has 26 heavy (non-hydrogen) atoms. The molecule has 1 heterocycles. The molecule has 136 valence electrons. The summed E-state index contributed by atoms with van der Waals surface area (Å²) in [7, 11) is 1.64. The molecule has 2 aromatic carbocycles. The van der Waals surface area contributed by atoms with E-state index in [1.165, 1.54) is 0 Å². The SMILES string of the molecule is COCCn1cc(C(=O)N[C@@H](CO)c2ccccc2)c2cc(Cl)ccc21. The number of hydrogen-bond acceptors (Lipinski definition) is 3. The van der Waals surface area contributed by atoms with Crippen molar-refractivity contribution in [2.24, 2.45) is 0 Å². The average molecular weight is 373 g/mol. The summed E-state index contributed by atoms with van der Waals surface area (Å²) in [5.74, 6) is -0.253. The molecule has 0 aliphatic carbocycles. The lowest BCUT2D eigenvalue weighted by Gasteiger charge is -2.16. The molecule has 0 radical (unpaired) electrons. The number of nitrogens with zero attached hydrogens (tertiary/aromatic N) is 1. The maximum atomic E-state index is 12.9. The zero-order valence-corrected chi connectivity index (χ0v) is 15.2. The van der Waals surface area contributed by atoms with Crippen molar-refractivity contribution in [1.29, 1.82) is 0 Å². The highest BCUT2D eigenvalue weighted by atomic mass is 35.5. The average Bonchev–Trinajstić information content (AvgIpc) is 3.02. The summed E-state index contributed by atoms with van der Waals surface area (Å²) in [4.78, 5) is 12.9. The second kappa shape index (κ2) is 8.36. The maximum Gasteiger partial charge on any atom is 0.254 e. The van der Waals surface area contributed by atoms with Gasteiger partial charge in [-0.2, -0.15) is 0 Å². The Bertz CT molecular complexity index is 893. The first kappa shape index (κ1) is 18.5. The summed E-state index contributed by atoms with van der Waals surface area (Å²) >= 11 is 6.13. The summed E-state index contributed by atoms with van der Waals surface area (Å²) in [6.07, 6.45) is 1.80. The van der Waals surface area contributed by atoms with Crippen LogP contribution in [0.25, 0.3) is 10.9 Å². The number of aliphatic hydroxyl groups excluding tert-OH is 1. The molecule has 0 aliphatic heterocycles. The number of halogens is 1.